The second-order valence-corrected chi connectivity index (χ2v) is 3.99. The highest BCUT2D eigenvalue weighted by Crippen LogP contribution is 2.10. The van der Waals surface area contributed by atoms with Gasteiger partial charge in [-0.1, -0.05) is 9.81 Å². The van der Waals surface area contributed by atoms with Crippen molar-refractivity contribution in [3.63, 3.8) is 0 Å². The van der Waals surface area contributed by atoms with E-state index < -0.39 is 15.6 Å². The fourth-order valence-corrected chi connectivity index (χ4v) is 0.642. The van der Waals surface area contributed by atoms with Gasteiger partial charge in [0.25, 0.3) is 0 Å². The van der Waals surface area contributed by atoms with Crippen LogP contribution in [0.5, 0.6) is 0 Å². The minimum Gasteiger partial charge on any atom is -0.180 e. The predicted octanol–water partition coefficient (Wildman–Crippen LogP) is 1.29. The monoisotopic (exact) mass is 164 g/mol. The molecular formula is C6H9FO2S. The molecule has 4 heteroatoms. The molecule has 0 spiro atoms. The molecule has 0 rings (SSSR count). The lowest BCUT2D eigenvalue weighted by Gasteiger charge is -2.05. The molecule has 0 aliphatic heterocycles. The Hall–Kier alpha value is -0.560. The van der Waals surface area contributed by atoms with E-state index in [0.29, 0.717) is 0 Å². The summed E-state index contributed by atoms with van der Waals surface area (Å²) in [5.41, 5.74) is -0.473. The average molecular weight is 164 g/mol. The molecule has 10 heavy (non-hydrogen) atoms. The molecule has 0 atom stereocenters. The summed E-state index contributed by atoms with van der Waals surface area (Å²) in [6, 6.07) is 0. The van der Waals surface area contributed by atoms with Crippen LogP contribution in [0.15, 0.2) is 0 Å². The van der Waals surface area contributed by atoms with Gasteiger partial charge in [0.05, 0.1) is 5.25 Å². The van der Waals surface area contributed by atoms with Gasteiger partial charge in [-0.3, -0.25) is 0 Å². The van der Waals surface area contributed by atoms with E-state index in [-0.39, 0.29) is 0 Å². The van der Waals surface area contributed by atoms with Crippen LogP contribution in [0.3, 0.4) is 0 Å². The molecule has 0 radical (unpaired) electrons. The van der Waals surface area contributed by atoms with Crippen molar-refractivity contribution >= 4 is 10.2 Å². The molecule has 2 nitrogen and oxygen atoms in total. The zero-order valence-corrected chi connectivity index (χ0v) is 6.92. The second kappa shape index (κ2) is 2.59. The first kappa shape index (κ1) is 9.44. The van der Waals surface area contributed by atoms with Crippen LogP contribution in [0.25, 0.3) is 0 Å². The first-order valence-corrected chi connectivity index (χ1v) is 4.08. The van der Waals surface area contributed by atoms with Crippen LogP contribution < -0.4 is 0 Å². The van der Waals surface area contributed by atoms with E-state index in [1.807, 2.05) is 0 Å². The van der Waals surface area contributed by atoms with E-state index in [9.17, 15) is 12.3 Å². The summed E-state index contributed by atoms with van der Waals surface area (Å²) < 4.78 is 31.4. The highest BCUT2D eigenvalue weighted by atomic mass is 32.3. The number of rotatable bonds is 0. The predicted molar refractivity (Wildman–Crippen MR) is 37.3 cm³/mol. The third-order valence-corrected chi connectivity index (χ3v) is 0.894. The normalized spacial score (nSPS) is 12.0. The smallest absolute Gasteiger partial charge is 0.180 e. The van der Waals surface area contributed by atoms with Crippen LogP contribution in [0.2, 0.25) is 0 Å². The van der Waals surface area contributed by atoms with Crippen LogP contribution in [0.4, 0.5) is 3.89 Å². The molecule has 0 saturated carbocycles. The molecule has 0 amide bonds. The summed E-state index contributed by atoms with van der Waals surface area (Å²) in [4.78, 5) is 0. The lowest BCUT2D eigenvalue weighted by molar-refractivity contribution is 0.559. The lowest BCUT2D eigenvalue weighted by Crippen LogP contribution is -2.00. The van der Waals surface area contributed by atoms with E-state index in [4.69, 9.17) is 0 Å². The van der Waals surface area contributed by atoms with Gasteiger partial charge in [-0.05, 0) is 20.8 Å². The summed E-state index contributed by atoms with van der Waals surface area (Å²) in [7, 11) is -4.62. The second-order valence-electron chi connectivity index (χ2n) is 2.91. The topological polar surface area (TPSA) is 34.1 Å². The third-order valence-electron chi connectivity index (χ3n) is 0.548. The lowest BCUT2D eigenvalue weighted by atomic mass is 9.99. The maximum atomic E-state index is 11.7. The SMILES string of the molecule is CC(C)(C)C#CS(=O)(=O)F. The summed E-state index contributed by atoms with van der Waals surface area (Å²) in [5.74, 6) is 2.25. The van der Waals surface area contributed by atoms with Gasteiger partial charge in [-0.15, -0.1) is 0 Å². The molecule has 0 aromatic rings. The van der Waals surface area contributed by atoms with Gasteiger partial charge < -0.3 is 0 Å². The Balaban J connectivity index is 4.51. The van der Waals surface area contributed by atoms with Gasteiger partial charge in [-0.25, -0.2) is 0 Å². The van der Waals surface area contributed by atoms with Crippen LogP contribution in [0.1, 0.15) is 20.8 Å². The van der Waals surface area contributed by atoms with Crippen LogP contribution >= 0.6 is 0 Å². The molecule has 0 aliphatic rings. The molecule has 0 aromatic heterocycles. The van der Waals surface area contributed by atoms with Gasteiger partial charge >= 0.3 is 10.2 Å². The molecule has 0 bridgehead atoms. The highest BCUT2D eigenvalue weighted by molar-refractivity contribution is 7.91. The highest BCUT2D eigenvalue weighted by Gasteiger charge is 2.06. The maximum absolute atomic E-state index is 11.7. The van der Waals surface area contributed by atoms with Crippen molar-refractivity contribution in [2.75, 3.05) is 0 Å². The van der Waals surface area contributed by atoms with Crippen molar-refractivity contribution in [2.45, 2.75) is 20.8 Å². The minimum absolute atomic E-state index is 0.473. The van der Waals surface area contributed by atoms with Crippen LogP contribution in [0, 0.1) is 16.6 Å². The standard InChI is InChI=1S/C6H9FO2S/c1-6(2,3)4-5-10(7,8)9/h1-3H3. The van der Waals surface area contributed by atoms with Gasteiger partial charge in [0.1, 0.15) is 0 Å². The van der Waals surface area contributed by atoms with E-state index in [1.54, 1.807) is 20.8 Å². The number of halogens is 1. The molecule has 0 N–H and O–H groups in total. The number of hydrogen-bond acceptors (Lipinski definition) is 2. The molecule has 0 saturated heterocycles. The molecule has 0 aromatic carbocycles. The van der Waals surface area contributed by atoms with Gasteiger partial charge in [0, 0.05) is 5.41 Å². The van der Waals surface area contributed by atoms with E-state index >= 15 is 0 Å². The summed E-state index contributed by atoms with van der Waals surface area (Å²) in [5, 5.41) is 1.52. The van der Waals surface area contributed by atoms with E-state index in [1.165, 1.54) is 5.25 Å². The number of hydrogen-bond donors (Lipinski definition) is 0. The molecular weight excluding hydrogens is 155 g/mol. The maximum Gasteiger partial charge on any atom is 0.373 e. The fourth-order valence-electron chi connectivity index (χ4n) is 0.214. The van der Waals surface area contributed by atoms with E-state index in [0.717, 1.165) is 0 Å². The summed E-state index contributed by atoms with van der Waals surface area (Å²) in [6.45, 7) is 5.10. The molecule has 0 unspecified atom stereocenters. The van der Waals surface area contributed by atoms with Crippen molar-refractivity contribution in [1.82, 2.24) is 0 Å². The molecule has 0 heterocycles. The quantitative estimate of drug-likeness (QED) is 0.399. The fraction of sp³-hybridized carbons (Fsp3) is 0.667. The van der Waals surface area contributed by atoms with Crippen LogP contribution in [-0.2, 0) is 10.2 Å². The summed E-state index contributed by atoms with van der Waals surface area (Å²) >= 11 is 0. The molecule has 58 valence electrons. The van der Waals surface area contributed by atoms with Gasteiger partial charge in [0.15, 0.2) is 0 Å². The zero-order valence-electron chi connectivity index (χ0n) is 6.10. The first-order valence-electron chi connectivity index (χ1n) is 2.69. The van der Waals surface area contributed by atoms with Crippen molar-refractivity contribution in [3.8, 4) is 11.2 Å². The Bertz CT molecular complexity index is 260. The molecule has 0 fully saturated rings. The Morgan fingerprint density at radius 3 is 1.80 bits per heavy atom. The Morgan fingerprint density at radius 1 is 1.30 bits per heavy atom. The van der Waals surface area contributed by atoms with E-state index in [2.05, 4.69) is 5.92 Å². The summed E-state index contributed by atoms with van der Waals surface area (Å²) in [6.07, 6.45) is 0. The third kappa shape index (κ3) is 7.44. The van der Waals surface area contributed by atoms with Crippen molar-refractivity contribution < 1.29 is 12.3 Å². The zero-order chi connectivity index (χ0) is 8.41. The first-order chi connectivity index (χ1) is 4.21. The van der Waals surface area contributed by atoms with Crippen molar-refractivity contribution in [1.29, 1.82) is 0 Å². The Morgan fingerprint density at radius 2 is 1.70 bits per heavy atom. The van der Waals surface area contributed by atoms with Crippen molar-refractivity contribution in [2.24, 2.45) is 5.41 Å². The minimum atomic E-state index is -4.62. The largest absolute Gasteiger partial charge is 0.373 e. The van der Waals surface area contributed by atoms with Crippen molar-refractivity contribution in [3.05, 3.63) is 0 Å². The van der Waals surface area contributed by atoms with Crippen LogP contribution in [-0.4, -0.2) is 8.42 Å². The average Bonchev–Trinajstić information content (AvgIpc) is 1.57. The Kier molecular flexibility index (Phi) is 2.44. The Labute approximate surface area is 60.6 Å². The van der Waals surface area contributed by atoms with Gasteiger partial charge in [0.2, 0.25) is 0 Å². The van der Waals surface area contributed by atoms with Gasteiger partial charge in [-0.2, -0.15) is 8.42 Å². The molecule has 0 aliphatic carbocycles.